The summed E-state index contributed by atoms with van der Waals surface area (Å²) in [7, 11) is -11.5. The second kappa shape index (κ2) is 28.4. The van der Waals surface area contributed by atoms with Crippen LogP contribution in [0.4, 0.5) is 63.6 Å². The Kier molecular flexibility index (Phi) is 20.6. The van der Waals surface area contributed by atoms with Gasteiger partial charge in [0, 0.05) is 91.9 Å². The van der Waals surface area contributed by atoms with Crippen LogP contribution in [0.1, 0.15) is 6.92 Å². The van der Waals surface area contributed by atoms with Crippen molar-refractivity contribution in [2.24, 2.45) is 20.5 Å². The number of piperazine rings is 1. The maximum atomic E-state index is 12.4. The topological polar surface area (TPSA) is 460 Å². The molecule has 1 amide bonds. The third-order valence-electron chi connectivity index (χ3n) is 13.7. The lowest BCUT2D eigenvalue weighted by Gasteiger charge is -2.34. The average Bonchev–Trinajstić information content (AvgIpc) is 0.782. The van der Waals surface area contributed by atoms with Crippen LogP contribution in [0.5, 0.6) is 11.5 Å². The summed E-state index contributed by atoms with van der Waals surface area (Å²) in [6.07, 6.45) is 0. The van der Waals surface area contributed by atoms with E-state index >= 15 is 0 Å². The Hall–Kier alpha value is -8.46. The Morgan fingerprint density at radius 1 is 0.667 bits per heavy atom. The smallest absolute Gasteiger partial charge is 0.295 e. The maximum absolute atomic E-state index is 12.4. The molecule has 486 valence electrons. The number of aromatic hydroxyl groups is 1. The first-order valence-corrected chi connectivity index (χ1v) is 32.9. The molecule has 9 N–H and O–H groups in total. The molecule has 0 unspecified atom stereocenters. The van der Waals surface area contributed by atoms with Crippen LogP contribution < -0.4 is 30.5 Å². The van der Waals surface area contributed by atoms with Gasteiger partial charge in [-0.3, -0.25) is 23.4 Å². The Morgan fingerprint density at radius 3 is 2.00 bits per heavy atom. The molecule has 93 heavy (non-hydrogen) atoms. The SMILES string of the molecule is COc1cc(N=Nc2cc(S(=O)(=O)O)c3cccc(S(=O)(=O)O)c3c2)c(NC(C)=O)cc1Nc1nc(Cl)nc(NCCN2CCN(c3nc(Cl)nc(N(C)c4ccc5c(O)c(N=Nc6ccc7c(S(=O)(=O)O)cccc7c6SOOO)c(SOOO)cc5c4)n3)CC2)n1. The van der Waals surface area contributed by atoms with Crippen molar-refractivity contribution in [3.8, 4) is 11.5 Å². The number of nitrogens with zero attached hydrogens (tertiary/aromatic N) is 13. The van der Waals surface area contributed by atoms with E-state index in [0.29, 0.717) is 85.8 Å². The molecule has 3 heterocycles. The number of methoxy groups -OCH3 is 1. The molecule has 0 atom stereocenters. The number of hydrogen-bond acceptors (Lipinski definition) is 32. The minimum absolute atomic E-state index is 0.0258. The molecule has 41 heteroatoms. The number of amides is 1. The van der Waals surface area contributed by atoms with Crippen LogP contribution in [0.15, 0.2) is 142 Å². The number of carbonyl (C=O) groups excluding carboxylic acids is 1. The fraction of sp³-hybridized carbons (Fsp3) is 0.173. The molecule has 2 aromatic heterocycles. The number of phenols is 1. The van der Waals surface area contributed by atoms with Crippen molar-refractivity contribution < 1.29 is 82.8 Å². The van der Waals surface area contributed by atoms with Gasteiger partial charge in [-0.2, -0.15) is 60.3 Å². The van der Waals surface area contributed by atoms with Crippen LogP contribution in [0, 0.1) is 0 Å². The van der Waals surface area contributed by atoms with Crippen molar-refractivity contribution in [1.82, 2.24) is 34.8 Å². The average molecular weight is 1410 g/mol. The molecule has 9 aromatic rings. The molecule has 0 bridgehead atoms. The lowest BCUT2D eigenvalue weighted by Crippen LogP contribution is -2.48. The summed E-state index contributed by atoms with van der Waals surface area (Å²) in [5.74, 6) is -0.243. The minimum atomic E-state index is -4.96. The number of benzene rings is 7. The maximum Gasteiger partial charge on any atom is 0.295 e. The van der Waals surface area contributed by atoms with E-state index in [0.717, 1.165) is 18.2 Å². The molecule has 0 spiro atoms. The van der Waals surface area contributed by atoms with E-state index in [-0.39, 0.29) is 105 Å². The van der Waals surface area contributed by atoms with Gasteiger partial charge in [0.15, 0.2) is 5.75 Å². The van der Waals surface area contributed by atoms with E-state index in [1.807, 2.05) is 4.90 Å². The summed E-state index contributed by atoms with van der Waals surface area (Å²) in [5, 5.41) is 63.1. The second-order valence-electron chi connectivity index (χ2n) is 19.5. The predicted octanol–water partition coefficient (Wildman–Crippen LogP) is 10.7. The van der Waals surface area contributed by atoms with Crippen molar-refractivity contribution in [1.29, 1.82) is 0 Å². The molecular weight excluding hydrogens is 1370 g/mol. The first-order valence-electron chi connectivity index (χ1n) is 26.3. The van der Waals surface area contributed by atoms with Gasteiger partial charge < -0.3 is 35.6 Å². The Balaban J connectivity index is 0.796. The van der Waals surface area contributed by atoms with Gasteiger partial charge in [-0.15, -0.1) is 24.0 Å². The first-order chi connectivity index (χ1) is 44.3. The second-order valence-corrected chi connectivity index (χ2v) is 25.8. The van der Waals surface area contributed by atoms with Gasteiger partial charge in [0.25, 0.3) is 30.4 Å². The highest BCUT2D eigenvalue weighted by Gasteiger charge is 2.26. The van der Waals surface area contributed by atoms with Gasteiger partial charge in [-0.1, -0.05) is 40.4 Å². The zero-order chi connectivity index (χ0) is 66.5. The number of nitrogens with one attached hydrogen (secondary N) is 3. The quantitative estimate of drug-likeness (QED) is 0.00892. The van der Waals surface area contributed by atoms with E-state index in [1.54, 1.807) is 36.2 Å². The van der Waals surface area contributed by atoms with Crippen molar-refractivity contribution in [3.63, 3.8) is 0 Å². The molecular formula is C52H46Cl2N16O18S5. The van der Waals surface area contributed by atoms with Gasteiger partial charge >= 0.3 is 0 Å². The van der Waals surface area contributed by atoms with Crippen LogP contribution >= 0.6 is 47.3 Å². The number of phenolic OH excluding ortho intramolecular Hbond substituents is 1. The molecule has 34 nitrogen and oxygen atoms in total. The third kappa shape index (κ3) is 15.8. The van der Waals surface area contributed by atoms with Crippen LogP contribution in [0.3, 0.4) is 0 Å². The summed E-state index contributed by atoms with van der Waals surface area (Å²) in [6, 6.07) is 21.6. The fourth-order valence-corrected chi connectivity index (χ4v) is 13.1. The molecule has 1 saturated heterocycles. The summed E-state index contributed by atoms with van der Waals surface area (Å²) in [4.78, 5) is 43.0. The van der Waals surface area contributed by atoms with Crippen LogP contribution in [0.2, 0.25) is 10.6 Å². The number of aromatic nitrogens is 6. The number of ether oxygens (including phenoxy) is 1. The third-order valence-corrected chi connectivity index (χ3v) is 18.1. The monoisotopic (exact) mass is 1410 g/mol. The molecule has 1 fully saturated rings. The number of carbonyl (C=O) groups is 1. The zero-order valence-corrected chi connectivity index (χ0v) is 53.3. The Morgan fingerprint density at radius 2 is 1.31 bits per heavy atom. The lowest BCUT2D eigenvalue weighted by molar-refractivity contribution is -0.432. The molecule has 0 saturated carbocycles. The van der Waals surface area contributed by atoms with Crippen molar-refractivity contribution in [3.05, 3.63) is 108 Å². The summed E-state index contributed by atoms with van der Waals surface area (Å²) in [6.45, 7) is 4.24. The van der Waals surface area contributed by atoms with E-state index in [9.17, 15) is 48.8 Å². The van der Waals surface area contributed by atoms with Gasteiger partial charge in [-0.25, -0.2) is 10.5 Å². The van der Waals surface area contributed by atoms with E-state index < -0.39 is 50.9 Å². The summed E-state index contributed by atoms with van der Waals surface area (Å²) < 4.78 is 118. The van der Waals surface area contributed by atoms with Crippen LogP contribution in [-0.4, -0.2) is 149 Å². The van der Waals surface area contributed by atoms with Crippen molar-refractivity contribution in [2.75, 3.05) is 79.2 Å². The van der Waals surface area contributed by atoms with Crippen molar-refractivity contribution in [2.45, 2.75) is 31.4 Å². The lowest BCUT2D eigenvalue weighted by atomic mass is 10.1. The van der Waals surface area contributed by atoms with E-state index in [1.165, 1.54) is 68.6 Å². The predicted molar refractivity (Wildman–Crippen MR) is 338 cm³/mol. The molecule has 1 aliphatic heterocycles. The highest BCUT2D eigenvalue weighted by molar-refractivity contribution is 7.95. The zero-order valence-electron chi connectivity index (χ0n) is 47.7. The molecule has 10 rings (SSSR count). The van der Waals surface area contributed by atoms with Crippen molar-refractivity contribution >= 4 is 179 Å². The number of hydrogen-bond donors (Lipinski definition) is 9. The Bertz CT molecular complexity index is 4830. The minimum Gasteiger partial charge on any atom is -0.505 e. The van der Waals surface area contributed by atoms with Gasteiger partial charge in [0.05, 0.1) is 58.0 Å². The first kappa shape index (κ1) is 67.4. The number of halogens is 2. The molecule has 0 aliphatic carbocycles. The summed E-state index contributed by atoms with van der Waals surface area (Å²) >= 11 is 13.8. The van der Waals surface area contributed by atoms with Gasteiger partial charge in [0.2, 0.25) is 40.3 Å². The largest absolute Gasteiger partial charge is 0.505 e. The van der Waals surface area contributed by atoms with E-state index in [4.69, 9.17) is 47.8 Å². The number of azo groups is 2. The fourth-order valence-electron chi connectivity index (χ4n) is 9.56. The van der Waals surface area contributed by atoms with Crippen LogP contribution in [0.25, 0.3) is 32.3 Å². The van der Waals surface area contributed by atoms with E-state index in [2.05, 4.69) is 80.6 Å². The number of anilines is 7. The van der Waals surface area contributed by atoms with Crippen LogP contribution in [-0.2, 0) is 53.9 Å². The standard InChI is InChI=1S/C52H46Cl2N16O18S5/c1-26(71)56-36-24-38(39(84-3)25-37(36)66-64-28-22-34-31(43(23-28)93(81,82)83)6-4-9-42(34)92(78,79)80)57-50-59-47(53)58-49(62-50)55-14-15-69-16-18-70(19-17-69)52-61-48(54)60-51(63-52)68(2)29-10-11-30-27(20-29)21-40(89-87-85-73)44(45(30)72)67-65-35-13-12-32-33(46(35)90-88-86-74)7-5-8-41(32)91(75,76)77/h4-13,20-25,72-74H,14-19H2,1-3H3,(H,56,71)(H,75,76,77)(H,78,79,80)(H,81,82,83)(H2,55,57,58,59,62). The normalized spacial score (nSPS) is 13.4. The highest BCUT2D eigenvalue weighted by Crippen LogP contribution is 2.47. The number of rotatable bonds is 24. The summed E-state index contributed by atoms with van der Waals surface area (Å²) in [5.41, 5.74) is 0.396. The Labute approximate surface area is 544 Å². The molecule has 0 radical (unpaired) electrons. The molecule has 7 aromatic carbocycles. The van der Waals surface area contributed by atoms with Gasteiger partial charge in [0.1, 0.15) is 37.5 Å². The number of fused-ring (bicyclic) bond motifs is 3. The molecule has 1 aliphatic rings. The highest BCUT2D eigenvalue weighted by atomic mass is 35.5. The van der Waals surface area contributed by atoms with Gasteiger partial charge in [-0.05, 0) is 89.3 Å².